The summed E-state index contributed by atoms with van der Waals surface area (Å²) in [5.41, 5.74) is 1.65. The molecule has 7 heteroatoms. The summed E-state index contributed by atoms with van der Waals surface area (Å²) in [7, 11) is 0. The summed E-state index contributed by atoms with van der Waals surface area (Å²) in [5.74, 6) is 0.166. The van der Waals surface area contributed by atoms with Gasteiger partial charge in [-0.1, -0.05) is 42.5 Å². The molecular formula is C18H26ClN5O. The third-order valence-electron chi connectivity index (χ3n) is 4.70. The lowest BCUT2D eigenvalue weighted by molar-refractivity contribution is 0.0946. The molecule has 3 rings (SSSR count). The van der Waals surface area contributed by atoms with Gasteiger partial charge in [0.15, 0.2) is 5.69 Å². The van der Waals surface area contributed by atoms with Crippen LogP contribution in [0.4, 0.5) is 0 Å². The number of piperidine rings is 1. The SMILES string of the molecule is CCC(CNC(=O)c1cn(C2CCNCC2)nn1)c1ccccc1.Cl. The van der Waals surface area contributed by atoms with Crippen molar-refractivity contribution in [3.8, 4) is 0 Å². The van der Waals surface area contributed by atoms with Crippen LogP contribution < -0.4 is 10.6 Å². The molecule has 1 atom stereocenters. The maximum atomic E-state index is 12.4. The molecule has 136 valence electrons. The van der Waals surface area contributed by atoms with Gasteiger partial charge in [-0.15, -0.1) is 17.5 Å². The highest BCUT2D eigenvalue weighted by molar-refractivity contribution is 5.91. The van der Waals surface area contributed by atoms with Gasteiger partial charge in [-0.2, -0.15) is 0 Å². The summed E-state index contributed by atoms with van der Waals surface area (Å²) < 4.78 is 1.84. The topological polar surface area (TPSA) is 71.8 Å². The minimum atomic E-state index is -0.149. The van der Waals surface area contributed by atoms with Gasteiger partial charge in [-0.25, -0.2) is 4.68 Å². The van der Waals surface area contributed by atoms with E-state index in [2.05, 4.69) is 40.0 Å². The van der Waals surface area contributed by atoms with Crippen LogP contribution in [0.3, 0.4) is 0 Å². The third-order valence-corrected chi connectivity index (χ3v) is 4.70. The Morgan fingerprint density at radius 3 is 2.72 bits per heavy atom. The van der Waals surface area contributed by atoms with Crippen LogP contribution in [-0.2, 0) is 0 Å². The smallest absolute Gasteiger partial charge is 0.273 e. The molecule has 1 aromatic heterocycles. The van der Waals surface area contributed by atoms with Gasteiger partial charge in [0.25, 0.3) is 5.91 Å². The van der Waals surface area contributed by atoms with Gasteiger partial charge < -0.3 is 10.6 Å². The number of hydrogen-bond donors (Lipinski definition) is 2. The Morgan fingerprint density at radius 1 is 1.32 bits per heavy atom. The van der Waals surface area contributed by atoms with Crippen molar-refractivity contribution in [2.45, 2.75) is 38.1 Å². The Morgan fingerprint density at radius 2 is 2.04 bits per heavy atom. The molecular weight excluding hydrogens is 338 g/mol. The fraction of sp³-hybridized carbons (Fsp3) is 0.500. The highest BCUT2D eigenvalue weighted by Crippen LogP contribution is 2.19. The van der Waals surface area contributed by atoms with Gasteiger partial charge >= 0.3 is 0 Å². The normalized spacial score (nSPS) is 16.0. The van der Waals surface area contributed by atoms with Gasteiger partial charge in [-0.05, 0) is 37.9 Å². The molecule has 2 aromatic rings. The molecule has 1 saturated heterocycles. The number of amides is 1. The number of rotatable bonds is 6. The summed E-state index contributed by atoms with van der Waals surface area (Å²) in [6.07, 6.45) is 4.80. The zero-order chi connectivity index (χ0) is 16.8. The fourth-order valence-electron chi connectivity index (χ4n) is 3.16. The lowest BCUT2D eigenvalue weighted by Crippen LogP contribution is -2.30. The molecule has 2 heterocycles. The fourth-order valence-corrected chi connectivity index (χ4v) is 3.16. The first-order chi connectivity index (χ1) is 11.8. The first-order valence-electron chi connectivity index (χ1n) is 8.73. The number of nitrogens with one attached hydrogen (secondary N) is 2. The maximum absolute atomic E-state index is 12.4. The van der Waals surface area contributed by atoms with Crippen molar-refractivity contribution in [2.24, 2.45) is 0 Å². The summed E-state index contributed by atoms with van der Waals surface area (Å²) in [6, 6.07) is 10.6. The van der Waals surface area contributed by atoms with E-state index in [1.54, 1.807) is 6.20 Å². The molecule has 1 unspecified atom stereocenters. The first-order valence-corrected chi connectivity index (χ1v) is 8.73. The highest BCUT2D eigenvalue weighted by atomic mass is 35.5. The Balaban J connectivity index is 0.00000225. The molecule has 1 fully saturated rings. The van der Waals surface area contributed by atoms with Gasteiger partial charge in [0, 0.05) is 12.5 Å². The molecule has 0 saturated carbocycles. The van der Waals surface area contributed by atoms with Crippen LogP contribution in [0.5, 0.6) is 0 Å². The molecule has 0 spiro atoms. The van der Waals surface area contributed by atoms with Crippen LogP contribution in [-0.4, -0.2) is 40.5 Å². The molecule has 1 aliphatic rings. The Labute approximate surface area is 154 Å². The third kappa shape index (κ3) is 5.03. The largest absolute Gasteiger partial charge is 0.350 e. The minimum absolute atomic E-state index is 0. The van der Waals surface area contributed by atoms with Crippen molar-refractivity contribution in [2.75, 3.05) is 19.6 Å². The van der Waals surface area contributed by atoms with Crippen LogP contribution in [0.15, 0.2) is 36.5 Å². The minimum Gasteiger partial charge on any atom is -0.350 e. The number of hydrogen-bond acceptors (Lipinski definition) is 4. The van der Waals surface area contributed by atoms with Gasteiger partial charge in [0.2, 0.25) is 0 Å². The summed E-state index contributed by atoms with van der Waals surface area (Å²) in [5, 5.41) is 14.5. The van der Waals surface area contributed by atoms with E-state index < -0.39 is 0 Å². The van der Waals surface area contributed by atoms with Crippen LogP contribution in [0.2, 0.25) is 0 Å². The molecule has 1 amide bonds. The number of carbonyl (C=O) groups excluding carboxylic acids is 1. The second kappa shape index (κ2) is 9.53. The standard InChI is InChI=1S/C18H25N5O.ClH/c1-2-14(15-6-4-3-5-7-15)12-20-18(24)17-13-23(22-21-17)16-8-10-19-11-9-16;/h3-7,13-14,16,19H,2,8-12H2,1H3,(H,20,24);1H. The molecule has 1 aromatic carbocycles. The van der Waals surface area contributed by atoms with Gasteiger partial charge in [-0.3, -0.25) is 4.79 Å². The zero-order valence-corrected chi connectivity index (χ0v) is 15.3. The van der Waals surface area contributed by atoms with E-state index in [0.717, 1.165) is 32.4 Å². The Kier molecular flexibility index (Phi) is 7.40. The molecule has 25 heavy (non-hydrogen) atoms. The number of aromatic nitrogens is 3. The molecule has 1 aliphatic heterocycles. The monoisotopic (exact) mass is 363 g/mol. The molecule has 6 nitrogen and oxygen atoms in total. The average Bonchev–Trinajstić information content (AvgIpc) is 3.14. The Hall–Kier alpha value is -1.92. The predicted octanol–water partition coefficient (Wildman–Crippen LogP) is 2.55. The summed E-state index contributed by atoms with van der Waals surface area (Å²) in [4.78, 5) is 12.4. The van der Waals surface area contributed by atoms with E-state index in [4.69, 9.17) is 0 Å². The second-order valence-corrected chi connectivity index (χ2v) is 6.29. The van der Waals surface area contributed by atoms with Crippen LogP contribution in [0.25, 0.3) is 0 Å². The molecule has 0 bridgehead atoms. The number of nitrogens with zero attached hydrogens (tertiary/aromatic N) is 3. The maximum Gasteiger partial charge on any atom is 0.273 e. The van der Waals surface area contributed by atoms with Crippen molar-refractivity contribution in [3.05, 3.63) is 47.8 Å². The second-order valence-electron chi connectivity index (χ2n) is 6.29. The zero-order valence-electron chi connectivity index (χ0n) is 14.5. The quantitative estimate of drug-likeness (QED) is 0.827. The lowest BCUT2D eigenvalue weighted by atomic mass is 9.96. The van der Waals surface area contributed by atoms with Crippen molar-refractivity contribution in [3.63, 3.8) is 0 Å². The van der Waals surface area contributed by atoms with Crippen molar-refractivity contribution in [1.82, 2.24) is 25.6 Å². The van der Waals surface area contributed by atoms with Crippen LogP contribution in [0, 0.1) is 0 Å². The number of benzene rings is 1. The van der Waals surface area contributed by atoms with Crippen molar-refractivity contribution in [1.29, 1.82) is 0 Å². The van der Waals surface area contributed by atoms with E-state index in [0.29, 0.717) is 24.2 Å². The summed E-state index contributed by atoms with van der Waals surface area (Å²) >= 11 is 0. The number of carbonyl (C=O) groups is 1. The predicted molar refractivity (Wildman–Crippen MR) is 100 cm³/mol. The van der Waals surface area contributed by atoms with E-state index >= 15 is 0 Å². The lowest BCUT2D eigenvalue weighted by Gasteiger charge is -2.22. The average molecular weight is 364 g/mol. The van der Waals surface area contributed by atoms with Crippen LogP contribution >= 0.6 is 12.4 Å². The molecule has 0 radical (unpaired) electrons. The van der Waals surface area contributed by atoms with Crippen molar-refractivity contribution >= 4 is 18.3 Å². The van der Waals surface area contributed by atoms with E-state index in [-0.39, 0.29) is 18.3 Å². The van der Waals surface area contributed by atoms with E-state index in [1.807, 2.05) is 22.9 Å². The summed E-state index contributed by atoms with van der Waals surface area (Å²) in [6.45, 7) is 4.72. The highest BCUT2D eigenvalue weighted by Gasteiger charge is 2.19. The number of halogens is 1. The van der Waals surface area contributed by atoms with E-state index in [1.165, 1.54) is 5.56 Å². The van der Waals surface area contributed by atoms with Crippen molar-refractivity contribution < 1.29 is 4.79 Å². The molecule has 2 N–H and O–H groups in total. The van der Waals surface area contributed by atoms with Gasteiger partial charge in [0.1, 0.15) is 0 Å². The van der Waals surface area contributed by atoms with E-state index in [9.17, 15) is 4.79 Å². The van der Waals surface area contributed by atoms with Gasteiger partial charge in [0.05, 0.1) is 12.2 Å². The first kappa shape index (κ1) is 19.4. The van der Waals surface area contributed by atoms with Crippen LogP contribution in [0.1, 0.15) is 54.2 Å². The molecule has 0 aliphatic carbocycles. The Bertz CT molecular complexity index is 654.